The smallest absolute Gasteiger partial charge is 0.247 e. The first-order valence-electron chi connectivity index (χ1n) is 9.93. The fourth-order valence-corrected chi connectivity index (χ4v) is 7.00. The van der Waals surface area contributed by atoms with Gasteiger partial charge in [0.1, 0.15) is 21.5 Å². The Bertz CT molecular complexity index is 986. The zero-order valence-corrected chi connectivity index (χ0v) is 17.4. The topological polar surface area (TPSA) is 44.7 Å². The van der Waals surface area contributed by atoms with Gasteiger partial charge in [0.15, 0.2) is 0 Å². The number of hydrogen-bond acceptors (Lipinski definition) is 5. The first-order chi connectivity index (χ1) is 14.1. The first-order valence-corrected chi connectivity index (χ1v) is 11.6. The van der Waals surface area contributed by atoms with Gasteiger partial charge in [-0.3, -0.25) is 4.79 Å². The van der Waals surface area contributed by atoms with Crippen molar-refractivity contribution >= 4 is 34.0 Å². The number of nitrogens with zero attached hydrogens (tertiary/aromatic N) is 2. The molecule has 1 N–H and O–H groups in total. The molecule has 8 heteroatoms. The molecule has 0 radical (unpaired) electrons. The van der Waals surface area contributed by atoms with Crippen LogP contribution in [-0.4, -0.2) is 29.0 Å². The molecule has 1 atom stereocenters. The predicted octanol–water partition coefficient (Wildman–Crippen LogP) is 4.45. The van der Waals surface area contributed by atoms with Gasteiger partial charge in [0.2, 0.25) is 5.91 Å². The SMILES string of the molecule is O=C(C1CCNCC1)N1N=C(c2cc(F)ccc2F)SC12CCCc1sccc12. The van der Waals surface area contributed by atoms with E-state index in [1.807, 2.05) is 5.38 Å². The van der Waals surface area contributed by atoms with Crippen molar-refractivity contribution in [3.63, 3.8) is 0 Å². The lowest BCUT2D eigenvalue weighted by atomic mass is 9.90. The summed E-state index contributed by atoms with van der Waals surface area (Å²) in [5.74, 6) is -1.14. The van der Waals surface area contributed by atoms with Gasteiger partial charge in [-0.2, -0.15) is 5.10 Å². The fraction of sp³-hybridized carbons (Fsp3) is 0.429. The van der Waals surface area contributed by atoms with Crippen LogP contribution in [0.2, 0.25) is 0 Å². The predicted molar refractivity (Wildman–Crippen MR) is 112 cm³/mol. The van der Waals surface area contributed by atoms with Crippen LogP contribution in [0.4, 0.5) is 8.78 Å². The second-order valence-corrected chi connectivity index (χ2v) is 9.97. The van der Waals surface area contributed by atoms with E-state index in [-0.39, 0.29) is 17.4 Å². The lowest BCUT2D eigenvalue weighted by Gasteiger charge is -2.40. The Labute approximate surface area is 176 Å². The van der Waals surface area contributed by atoms with Crippen molar-refractivity contribution < 1.29 is 13.6 Å². The van der Waals surface area contributed by atoms with Gasteiger partial charge >= 0.3 is 0 Å². The number of carbonyl (C=O) groups excluding carboxylic acids is 1. The van der Waals surface area contributed by atoms with Crippen LogP contribution < -0.4 is 5.32 Å². The summed E-state index contributed by atoms with van der Waals surface area (Å²) in [6, 6.07) is 5.46. The molecule has 4 nitrogen and oxygen atoms in total. The molecule has 2 aromatic rings. The van der Waals surface area contributed by atoms with Gasteiger partial charge in [0.05, 0.1) is 0 Å². The van der Waals surface area contributed by atoms with Crippen LogP contribution in [-0.2, 0) is 16.1 Å². The van der Waals surface area contributed by atoms with E-state index in [1.54, 1.807) is 16.3 Å². The molecule has 29 heavy (non-hydrogen) atoms. The molecule has 1 unspecified atom stereocenters. The van der Waals surface area contributed by atoms with E-state index in [9.17, 15) is 13.6 Å². The van der Waals surface area contributed by atoms with Crippen LogP contribution in [0.5, 0.6) is 0 Å². The van der Waals surface area contributed by atoms with Crippen LogP contribution in [0, 0.1) is 17.6 Å². The zero-order chi connectivity index (χ0) is 20.0. The van der Waals surface area contributed by atoms with Crippen molar-refractivity contribution in [3.05, 3.63) is 57.3 Å². The number of thioether (sulfide) groups is 1. The highest BCUT2D eigenvalue weighted by Gasteiger charge is 2.52. The number of rotatable bonds is 2. The summed E-state index contributed by atoms with van der Waals surface area (Å²) < 4.78 is 28.4. The van der Waals surface area contributed by atoms with Crippen molar-refractivity contribution in [1.82, 2.24) is 10.3 Å². The van der Waals surface area contributed by atoms with Gasteiger partial charge in [-0.15, -0.1) is 11.3 Å². The molecule has 1 saturated heterocycles. The average molecular weight is 434 g/mol. The third-order valence-electron chi connectivity index (χ3n) is 5.94. The Morgan fingerprint density at radius 2 is 2.07 bits per heavy atom. The molecule has 3 aliphatic rings. The van der Waals surface area contributed by atoms with E-state index in [0.717, 1.165) is 62.9 Å². The highest BCUT2D eigenvalue weighted by atomic mass is 32.2. The number of halogens is 2. The molecule has 1 aliphatic carbocycles. The molecule has 1 fully saturated rings. The number of piperidine rings is 1. The molecule has 1 aromatic heterocycles. The molecule has 152 valence electrons. The second-order valence-electron chi connectivity index (χ2n) is 7.70. The van der Waals surface area contributed by atoms with Crippen molar-refractivity contribution in [2.24, 2.45) is 11.0 Å². The molecule has 2 aliphatic heterocycles. The number of aryl methyl sites for hydroxylation is 1. The van der Waals surface area contributed by atoms with E-state index in [2.05, 4.69) is 16.5 Å². The maximum Gasteiger partial charge on any atom is 0.247 e. The van der Waals surface area contributed by atoms with Crippen LogP contribution in [0.1, 0.15) is 41.7 Å². The van der Waals surface area contributed by atoms with E-state index >= 15 is 0 Å². The van der Waals surface area contributed by atoms with E-state index < -0.39 is 16.5 Å². The van der Waals surface area contributed by atoms with Crippen LogP contribution in [0.25, 0.3) is 0 Å². The highest BCUT2D eigenvalue weighted by Crippen LogP contribution is 2.55. The number of nitrogens with one attached hydrogen (secondary N) is 1. The zero-order valence-electron chi connectivity index (χ0n) is 15.8. The molecule has 3 heterocycles. The standard InChI is InChI=1S/C21H21F2N3OS2/c22-14-3-4-17(23)15(12-14)19-25-26(20(27)13-5-9-24-10-6-13)21(29-19)8-1-2-18-16(21)7-11-28-18/h3-4,7,11-13,24H,1-2,5-6,8-10H2. The molecule has 5 rings (SSSR count). The Kier molecular flexibility index (Phi) is 4.96. The number of fused-ring (bicyclic) bond motifs is 2. The lowest BCUT2D eigenvalue weighted by Crippen LogP contribution is -2.47. The Balaban J connectivity index is 1.60. The summed E-state index contributed by atoms with van der Waals surface area (Å²) in [4.78, 5) is 14.1. The number of benzene rings is 1. The van der Waals surface area contributed by atoms with Crippen molar-refractivity contribution in [2.45, 2.75) is 37.0 Å². The van der Waals surface area contributed by atoms with Crippen molar-refractivity contribution in [2.75, 3.05) is 13.1 Å². The van der Waals surface area contributed by atoms with Crippen LogP contribution in [0.3, 0.4) is 0 Å². The molecule has 0 saturated carbocycles. The molecule has 1 amide bonds. The normalized spacial score (nSPS) is 24.6. The van der Waals surface area contributed by atoms with Gasteiger partial charge in [-0.1, -0.05) is 11.8 Å². The summed E-state index contributed by atoms with van der Waals surface area (Å²) >= 11 is 3.09. The Morgan fingerprint density at radius 1 is 1.24 bits per heavy atom. The maximum atomic E-state index is 14.5. The quantitative estimate of drug-likeness (QED) is 0.761. The molecule has 1 aromatic carbocycles. The Morgan fingerprint density at radius 3 is 2.90 bits per heavy atom. The molecular formula is C21H21F2N3OS2. The summed E-state index contributed by atoms with van der Waals surface area (Å²) in [6.45, 7) is 1.62. The highest BCUT2D eigenvalue weighted by molar-refractivity contribution is 8.15. The molecular weight excluding hydrogens is 412 g/mol. The lowest BCUT2D eigenvalue weighted by molar-refractivity contribution is -0.140. The molecule has 1 spiro atoms. The van der Waals surface area contributed by atoms with Gasteiger partial charge < -0.3 is 5.32 Å². The average Bonchev–Trinajstić information content (AvgIpc) is 3.36. The minimum atomic E-state index is -0.663. The number of amides is 1. The Hall–Kier alpha value is -1.77. The third-order valence-corrected chi connectivity index (χ3v) is 8.35. The van der Waals surface area contributed by atoms with E-state index in [0.29, 0.717) is 5.04 Å². The molecule has 0 bridgehead atoms. The number of thiophene rings is 1. The van der Waals surface area contributed by atoms with E-state index in [4.69, 9.17) is 0 Å². The van der Waals surface area contributed by atoms with E-state index in [1.165, 1.54) is 22.7 Å². The summed E-state index contributed by atoms with van der Waals surface area (Å²) in [5.41, 5.74) is 1.22. The van der Waals surface area contributed by atoms with Crippen molar-refractivity contribution in [1.29, 1.82) is 0 Å². The van der Waals surface area contributed by atoms with Gasteiger partial charge in [-0.25, -0.2) is 13.8 Å². The van der Waals surface area contributed by atoms with Gasteiger partial charge in [0.25, 0.3) is 0 Å². The van der Waals surface area contributed by atoms with Gasteiger partial charge in [0, 0.05) is 21.9 Å². The minimum absolute atomic E-state index is 0.00939. The van der Waals surface area contributed by atoms with Crippen molar-refractivity contribution in [3.8, 4) is 0 Å². The number of carbonyl (C=O) groups is 1. The van der Waals surface area contributed by atoms with Crippen LogP contribution >= 0.6 is 23.1 Å². The minimum Gasteiger partial charge on any atom is -0.317 e. The van der Waals surface area contributed by atoms with Gasteiger partial charge in [-0.05, 0) is 74.8 Å². The number of hydrazone groups is 1. The third kappa shape index (κ3) is 3.21. The summed E-state index contributed by atoms with van der Waals surface area (Å²) in [6.07, 6.45) is 4.21. The first kappa shape index (κ1) is 19.2. The maximum absolute atomic E-state index is 14.5. The fourth-order valence-electron chi connectivity index (χ4n) is 4.47. The summed E-state index contributed by atoms with van der Waals surface area (Å²) in [5, 5.41) is 12.0. The summed E-state index contributed by atoms with van der Waals surface area (Å²) in [7, 11) is 0. The number of hydrogen-bond donors (Lipinski definition) is 1. The second kappa shape index (κ2) is 7.49. The largest absolute Gasteiger partial charge is 0.317 e. The monoisotopic (exact) mass is 433 g/mol. The van der Waals surface area contributed by atoms with Crippen LogP contribution in [0.15, 0.2) is 34.7 Å².